The molecule has 25 heavy (non-hydrogen) atoms. The molecule has 0 aliphatic rings. The van der Waals surface area contributed by atoms with Crippen molar-refractivity contribution in [3.05, 3.63) is 70.6 Å². The molecule has 0 fully saturated rings. The molecule has 2 aromatic heterocycles. The number of ether oxygens (including phenoxy) is 1. The molecule has 2 heterocycles. The fourth-order valence-corrected chi connectivity index (χ4v) is 3.06. The van der Waals surface area contributed by atoms with Gasteiger partial charge >= 0.3 is 0 Å². The van der Waals surface area contributed by atoms with Crippen molar-refractivity contribution in [2.75, 3.05) is 7.11 Å². The average Bonchev–Trinajstić information content (AvgIpc) is 2.67. The Morgan fingerprint density at radius 2 is 1.96 bits per heavy atom. The predicted octanol–water partition coefficient (Wildman–Crippen LogP) is 4.58. The summed E-state index contributed by atoms with van der Waals surface area (Å²) < 4.78 is 11.1. The molecule has 0 bridgehead atoms. The van der Waals surface area contributed by atoms with Crippen molar-refractivity contribution in [3.63, 3.8) is 0 Å². The van der Waals surface area contributed by atoms with Crippen LogP contribution < -0.4 is 10.2 Å². The molecule has 0 unspecified atom stereocenters. The molecule has 0 radical (unpaired) electrons. The minimum atomic E-state index is -0.0821. The highest BCUT2D eigenvalue weighted by atomic mass is 16.5. The SMILES string of the molecule is CCc1cc2c(=O)c(-c3ccc4ccccc4n3)coc2cc1OC. The van der Waals surface area contributed by atoms with E-state index in [1.165, 1.54) is 6.26 Å². The van der Waals surface area contributed by atoms with Crippen LogP contribution in [0.1, 0.15) is 12.5 Å². The highest BCUT2D eigenvalue weighted by Gasteiger charge is 2.13. The summed E-state index contributed by atoms with van der Waals surface area (Å²) in [5, 5.41) is 1.58. The molecular weight excluding hydrogens is 314 g/mol. The van der Waals surface area contributed by atoms with Gasteiger partial charge in [-0.15, -0.1) is 0 Å². The zero-order chi connectivity index (χ0) is 17.4. The van der Waals surface area contributed by atoms with Crippen LogP contribution in [-0.4, -0.2) is 12.1 Å². The normalized spacial score (nSPS) is 11.1. The number of methoxy groups -OCH3 is 1. The lowest BCUT2D eigenvalue weighted by Crippen LogP contribution is -2.07. The van der Waals surface area contributed by atoms with Crippen LogP contribution in [0.2, 0.25) is 0 Å². The van der Waals surface area contributed by atoms with Crippen LogP contribution in [0.15, 0.2) is 64.0 Å². The fraction of sp³-hybridized carbons (Fsp3) is 0.143. The predicted molar refractivity (Wildman–Crippen MR) is 99.2 cm³/mol. The first-order valence-corrected chi connectivity index (χ1v) is 8.20. The molecule has 124 valence electrons. The summed E-state index contributed by atoms with van der Waals surface area (Å²) in [6.45, 7) is 2.03. The monoisotopic (exact) mass is 331 g/mol. The van der Waals surface area contributed by atoms with E-state index in [9.17, 15) is 4.79 Å². The smallest absolute Gasteiger partial charge is 0.202 e. The van der Waals surface area contributed by atoms with Crippen LogP contribution >= 0.6 is 0 Å². The number of hydrogen-bond acceptors (Lipinski definition) is 4. The number of fused-ring (bicyclic) bond motifs is 2. The second kappa shape index (κ2) is 6.06. The largest absolute Gasteiger partial charge is 0.496 e. The zero-order valence-corrected chi connectivity index (χ0v) is 14.1. The molecule has 4 aromatic rings. The van der Waals surface area contributed by atoms with Crippen molar-refractivity contribution in [3.8, 4) is 17.0 Å². The van der Waals surface area contributed by atoms with Gasteiger partial charge in [-0.1, -0.05) is 31.2 Å². The van der Waals surface area contributed by atoms with Crippen LogP contribution in [0.3, 0.4) is 0 Å². The Balaban J connectivity index is 1.95. The van der Waals surface area contributed by atoms with E-state index in [0.29, 0.717) is 22.2 Å². The Labute approximate surface area is 144 Å². The average molecular weight is 331 g/mol. The first kappa shape index (κ1) is 15.4. The van der Waals surface area contributed by atoms with Gasteiger partial charge in [-0.2, -0.15) is 0 Å². The molecule has 0 amide bonds. The van der Waals surface area contributed by atoms with Crippen LogP contribution in [0.4, 0.5) is 0 Å². The van der Waals surface area contributed by atoms with Gasteiger partial charge in [-0.05, 0) is 30.2 Å². The van der Waals surface area contributed by atoms with E-state index in [0.717, 1.165) is 28.6 Å². The van der Waals surface area contributed by atoms with E-state index in [2.05, 4.69) is 4.98 Å². The maximum absolute atomic E-state index is 13.0. The Morgan fingerprint density at radius 3 is 2.76 bits per heavy atom. The molecule has 0 aliphatic heterocycles. The quantitative estimate of drug-likeness (QED) is 0.551. The van der Waals surface area contributed by atoms with E-state index in [4.69, 9.17) is 9.15 Å². The summed E-state index contributed by atoms with van der Waals surface area (Å²) in [6.07, 6.45) is 2.25. The molecule has 4 rings (SSSR count). The molecule has 0 spiro atoms. The third kappa shape index (κ3) is 2.56. The zero-order valence-electron chi connectivity index (χ0n) is 14.1. The number of aryl methyl sites for hydroxylation is 1. The number of para-hydroxylation sites is 1. The van der Waals surface area contributed by atoms with E-state index >= 15 is 0 Å². The van der Waals surface area contributed by atoms with E-state index in [-0.39, 0.29) is 5.43 Å². The van der Waals surface area contributed by atoms with Gasteiger partial charge in [-0.3, -0.25) is 4.79 Å². The summed E-state index contributed by atoms with van der Waals surface area (Å²) in [4.78, 5) is 17.6. The lowest BCUT2D eigenvalue weighted by molar-refractivity contribution is 0.409. The molecular formula is C21H17NO3. The topological polar surface area (TPSA) is 52.3 Å². The summed E-state index contributed by atoms with van der Waals surface area (Å²) in [6, 6.07) is 15.3. The Hall–Kier alpha value is -3.14. The second-order valence-electron chi connectivity index (χ2n) is 5.88. The molecule has 0 atom stereocenters. The molecule has 0 aliphatic carbocycles. The van der Waals surface area contributed by atoms with Crippen LogP contribution in [-0.2, 0) is 6.42 Å². The Kier molecular flexibility index (Phi) is 3.73. The second-order valence-corrected chi connectivity index (χ2v) is 5.88. The van der Waals surface area contributed by atoms with Crippen molar-refractivity contribution in [2.45, 2.75) is 13.3 Å². The summed E-state index contributed by atoms with van der Waals surface area (Å²) >= 11 is 0. The third-order valence-corrected chi connectivity index (χ3v) is 4.43. The number of aromatic nitrogens is 1. The molecule has 0 saturated carbocycles. The van der Waals surface area contributed by atoms with Crippen molar-refractivity contribution >= 4 is 21.9 Å². The van der Waals surface area contributed by atoms with Gasteiger partial charge < -0.3 is 9.15 Å². The van der Waals surface area contributed by atoms with Crippen molar-refractivity contribution in [1.29, 1.82) is 0 Å². The molecule has 0 N–H and O–H groups in total. The van der Waals surface area contributed by atoms with Gasteiger partial charge in [0.1, 0.15) is 17.6 Å². The van der Waals surface area contributed by atoms with Crippen LogP contribution in [0, 0.1) is 0 Å². The summed E-state index contributed by atoms with van der Waals surface area (Å²) in [5.41, 5.74) is 3.34. The number of hydrogen-bond donors (Lipinski definition) is 0. The third-order valence-electron chi connectivity index (χ3n) is 4.43. The number of benzene rings is 2. The van der Waals surface area contributed by atoms with Crippen molar-refractivity contribution < 1.29 is 9.15 Å². The van der Waals surface area contributed by atoms with E-state index < -0.39 is 0 Å². The first-order chi connectivity index (χ1) is 12.2. The van der Waals surface area contributed by atoms with Crippen molar-refractivity contribution in [1.82, 2.24) is 4.98 Å². The number of pyridine rings is 1. The lowest BCUT2D eigenvalue weighted by atomic mass is 10.0. The summed E-state index contributed by atoms with van der Waals surface area (Å²) in [7, 11) is 1.62. The maximum Gasteiger partial charge on any atom is 0.202 e. The summed E-state index contributed by atoms with van der Waals surface area (Å²) in [5.74, 6) is 0.731. The first-order valence-electron chi connectivity index (χ1n) is 8.20. The van der Waals surface area contributed by atoms with Crippen LogP contribution in [0.5, 0.6) is 5.75 Å². The fourth-order valence-electron chi connectivity index (χ4n) is 3.06. The van der Waals surface area contributed by atoms with E-state index in [1.807, 2.05) is 49.4 Å². The maximum atomic E-state index is 13.0. The molecule has 0 saturated heterocycles. The standard InChI is InChI=1S/C21H17NO3/c1-3-13-10-15-20(11-19(13)24-2)25-12-16(21(15)23)18-9-8-14-6-4-5-7-17(14)22-18/h4-12H,3H2,1-2H3. The van der Waals surface area contributed by atoms with Gasteiger partial charge in [0.05, 0.1) is 29.3 Å². The van der Waals surface area contributed by atoms with Gasteiger partial charge in [0.2, 0.25) is 5.43 Å². The minimum Gasteiger partial charge on any atom is -0.496 e. The van der Waals surface area contributed by atoms with Gasteiger partial charge in [0.15, 0.2) is 0 Å². The molecule has 4 heteroatoms. The highest BCUT2D eigenvalue weighted by Crippen LogP contribution is 2.27. The van der Waals surface area contributed by atoms with Crippen LogP contribution in [0.25, 0.3) is 33.1 Å². The van der Waals surface area contributed by atoms with Crippen molar-refractivity contribution in [2.24, 2.45) is 0 Å². The molecule has 4 nitrogen and oxygen atoms in total. The van der Waals surface area contributed by atoms with Gasteiger partial charge in [-0.25, -0.2) is 4.98 Å². The Morgan fingerprint density at radius 1 is 1.12 bits per heavy atom. The highest BCUT2D eigenvalue weighted by molar-refractivity contribution is 5.85. The van der Waals surface area contributed by atoms with Gasteiger partial charge in [0, 0.05) is 11.5 Å². The molecule has 2 aromatic carbocycles. The minimum absolute atomic E-state index is 0.0821. The number of nitrogens with zero attached hydrogens (tertiary/aromatic N) is 1. The lowest BCUT2D eigenvalue weighted by Gasteiger charge is -2.09. The van der Waals surface area contributed by atoms with E-state index in [1.54, 1.807) is 13.2 Å². The number of rotatable bonds is 3. The Bertz CT molecular complexity index is 1140. The van der Waals surface area contributed by atoms with Gasteiger partial charge in [0.25, 0.3) is 0 Å².